The molecule has 0 radical (unpaired) electrons. The summed E-state index contributed by atoms with van der Waals surface area (Å²) in [6.07, 6.45) is 0. The smallest absolute Gasteiger partial charge is 0.262 e. The highest BCUT2D eigenvalue weighted by Gasteiger charge is 2.24. The maximum Gasteiger partial charge on any atom is 0.262 e. The van der Waals surface area contributed by atoms with E-state index in [4.69, 9.17) is 10.5 Å². The summed E-state index contributed by atoms with van der Waals surface area (Å²) in [5.74, 6) is -0.795. The topological polar surface area (TPSA) is 128 Å². The minimum absolute atomic E-state index is 0.0262. The van der Waals surface area contributed by atoms with Gasteiger partial charge in [0.05, 0.1) is 21.8 Å². The van der Waals surface area contributed by atoms with E-state index in [0.29, 0.717) is 11.3 Å². The Balaban J connectivity index is 2.01. The van der Waals surface area contributed by atoms with Gasteiger partial charge in [0.2, 0.25) is 0 Å². The zero-order valence-electron chi connectivity index (χ0n) is 13.2. The number of nitrogens with one attached hydrogen (secondary N) is 2. The summed E-state index contributed by atoms with van der Waals surface area (Å²) in [6, 6.07) is 8.89. The molecular formula is C16H15N3O5S. The van der Waals surface area contributed by atoms with Gasteiger partial charge in [0.1, 0.15) is 5.75 Å². The van der Waals surface area contributed by atoms with Gasteiger partial charge in [-0.3, -0.25) is 14.3 Å². The number of para-hydroxylation sites is 1. The lowest BCUT2D eigenvalue weighted by Crippen LogP contribution is -2.26. The Hall–Kier alpha value is -3.07. The summed E-state index contributed by atoms with van der Waals surface area (Å²) in [7, 11) is -4.00. The van der Waals surface area contributed by atoms with Crippen LogP contribution < -0.4 is 20.5 Å². The van der Waals surface area contributed by atoms with Crippen LogP contribution in [0.3, 0.4) is 0 Å². The summed E-state index contributed by atoms with van der Waals surface area (Å²) in [5.41, 5.74) is 6.24. The van der Waals surface area contributed by atoms with Crippen LogP contribution >= 0.6 is 0 Å². The van der Waals surface area contributed by atoms with Crippen molar-refractivity contribution in [3.8, 4) is 5.75 Å². The highest BCUT2D eigenvalue weighted by molar-refractivity contribution is 7.92. The van der Waals surface area contributed by atoms with Crippen LogP contribution in [-0.4, -0.2) is 26.8 Å². The Morgan fingerprint density at radius 2 is 2.00 bits per heavy atom. The number of amides is 2. The third-order valence-corrected chi connectivity index (χ3v) is 5.14. The minimum Gasteiger partial charge on any atom is -0.482 e. The number of carbonyl (C=O) groups is 2. The second-order valence-corrected chi connectivity index (χ2v) is 7.12. The van der Waals surface area contributed by atoms with Crippen LogP contribution in [0, 0.1) is 6.92 Å². The van der Waals surface area contributed by atoms with Gasteiger partial charge in [-0.1, -0.05) is 12.1 Å². The molecule has 2 amide bonds. The third-order valence-electron chi connectivity index (χ3n) is 3.64. The molecule has 0 aliphatic carbocycles. The van der Waals surface area contributed by atoms with Crippen LogP contribution in [-0.2, 0) is 14.8 Å². The first kappa shape index (κ1) is 16.8. The molecule has 2 aromatic rings. The van der Waals surface area contributed by atoms with Crippen molar-refractivity contribution in [3.63, 3.8) is 0 Å². The van der Waals surface area contributed by atoms with Crippen molar-refractivity contribution in [2.75, 3.05) is 16.6 Å². The van der Waals surface area contributed by atoms with Crippen LogP contribution in [0.15, 0.2) is 41.3 Å². The Morgan fingerprint density at radius 1 is 1.28 bits per heavy atom. The number of hydrogen-bond acceptors (Lipinski definition) is 5. The third kappa shape index (κ3) is 3.26. The average molecular weight is 361 g/mol. The summed E-state index contributed by atoms with van der Waals surface area (Å²) >= 11 is 0. The van der Waals surface area contributed by atoms with Gasteiger partial charge in [-0.2, -0.15) is 0 Å². The lowest BCUT2D eigenvalue weighted by molar-refractivity contribution is -0.118. The van der Waals surface area contributed by atoms with E-state index in [1.54, 1.807) is 19.1 Å². The molecule has 0 saturated heterocycles. The number of nitrogens with two attached hydrogens (primary N) is 1. The van der Waals surface area contributed by atoms with E-state index < -0.39 is 15.9 Å². The molecule has 0 fully saturated rings. The zero-order valence-corrected chi connectivity index (χ0v) is 14.0. The molecule has 2 aromatic carbocycles. The van der Waals surface area contributed by atoms with E-state index in [-0.39, 0.29) is 34.4 Å². The number of benzene rings is 2. The quantitative estimate of drug-likeness (QED) is 0.754. The molecule has 0 spiro atoms. The fourth-order valence-electron chi connectivity index (χ4n) is 2.49. The highest BCUT2D eigenvalue weighted by Crippen LogP contribution is 2.33. The van der Waals surface area contributed by atoms with Crippen molar-refractivity contribution in [1.29, 1.82) is 0 Å². The van der Waals surface area contributed by atoms with E-state index in [0.717, 1.165) is 0 Å². The highest BCUT2D eigenvalue weighted by atomic mass is 32.2. The normalized spacial score (nSPS) is 13.4. The molecular weight excluding hydrogens is 346 g/mol. The van der Waals surface area contributed by atoms with Gasteiger partial charge < -0.3 is 15.8 Å². The molecule has 0 saturated carbocycles. The Morgan fingerprint density at radius 3 is 2.72 bits per heavy atom. The minimum atomic E-state index is -4.00. The largest absolute Gasteiger partial charge is 0.482 e. The van der Waals surface area contributed by atoms with Crippen molar-refractivity contribution in [3.05, 3.63) is 47.5 Å². The average Bonchev–Trinajstić information content (AvgIpc) is 2.53. The van der Waals surface area contributed by atoms with Crippen molar-refractivity contribution >= 4 is 33.2 Å². The van der Waals surface area contributed by atoms with E-state index in [1.807, 2.05) is 0 Å². The maximum atomic E-state index is 12.7. The van der Waals surface area contributed by atoms with Crippen molar-refractivity contribution in [2.24, 2.45) is 5.73 Å². The summed E-state index contributed by atoms with van der Waals surface area (Å²) in [4.78, 5) is 22.8. The van der Waals surface area contributed by atoms with Crippen LogP contribution in [0.2, 0.25) is 0 Å². The van der Waals surface area contributed by atoms with Crippen molar-refractivity contribution in [1.82, 2.24) is 0 Å². The molecule has 130 valence electrons. The van der Waals surface area contributed by atoms with E-state index in [9.17, 15) is 18.0 Å². The molecule has 0 unspecified atom stereocenters. The molecule has 1 aliphatic heterocycles. The van der Waals surface area contributed by atoms with Gasteiger partial charge in [-0.25, -0.2) is 8.42 Å². The Bertz CT molecular complexity index is 985. The van der Waals surface area contributed by atoms with E-state index in [2.05, 4.69) is 10.0 Å². The first-order valence-electron chi connectivity index (χ1n) is 7.27. The maximum absolute atomic E-state index is 12.7. The predicted octanol–water partition coefficient (Wildman–Crippen LogP) is 1.23. The second-order valence-electron chi connectivity index (χ2n) is 5.47. The second kappa shape index (κ2) is 6.10. The number of anilines is 2. The molecule has 1 heterocycles. The molecule has 0 atom stereocenters. The van der Waals surface area contributed by atoms with Crippen molar-refractivity contribution < 1.29 is 22.7 Å². The van der Waals surface area contributed by atoms with Crippen LogP contribution in [0.4, 0.5) is 11.4 Å². The van der Waals surface area contributed by atoms with Crippen molar-refractivity contribution in [2.45, 2.75) is 11.8 Å². The van der Waals surface area contributed by atoms with Gasteiger partial charge in [-0.05, 0) is 30.7 Å². The van der Waals surface area contributed by atoms with Crippen LogP contribution in [0.5, 0.6) is 5.75 Å². The van der Waals surface area contributed by atoms with E-state index >= 15 is 0 Å². The zero-order chi connectivity index (χ0) is 18.2. The number of sulfonamides is 1. The fourth-order valence-corrected chi connectivity index (χ4v) is 3.81. The van der Waals surface area contributed by atoms with Gasteiger partial charge in [0.15, 0.2) is 6.61 Å². The number of fused-ring (bicyclic) bond motifs is 1. The molecule has 25 heavy (non-hydrogen) atoms. The van der Waals surface area contributed by atoms with Crippen LogP contribution in [0.1, 0.15) is 15.9 Å². The SMILES string of the molecule is Cc1cc2c(cc1S(=O)(=O)Nc1ccccc1C(N)=O)OCC(=O)N2. The molecule has 3 rings (SSSR count). The monoisotopic (exact) mass is 361 g/mol. The molecule has 1 aliphatic rings. The van der Waals surface area contributed by atoms with Gasteiger partial charge >= 0.3 is 0 Å². The summed E-state index contributed by atoms with van der Waals surface area (Å²) < 4.78 is 33.1. The molecule has 9 heteroatoms. The number of primary amides is 1. The number of rotatable bonds is 4. The lowest BCUT2D eigenvalue weighted by atomic mass is 10.2. The predicted molar refractivity (Wildman–Crippen MR) is 91.1 cm³/mol. The summed E-state index contributed by atoms with van der Waals surface area (Å²) in [5, 5.41) is 2.61. The lowest BCUT2D eigenvalue weighted by Gasteiger charge is -2.20. The van der Waals surface area contributed by atoms with Gasteiger partial charge in [0.25, 0.3) is 21.8 Å². The molecule has 0 bridgehead atoms. The number of carbonyl (C=O) groups excluding carboxylic acids is 2. The van der Waals surface area contributed by atoms with E-state index in [1.165, 1.54) is 24.3 Å². The first-order valence-corrected chi connectivity index (χ1v) is 8.75. The first-order chi connectivity index (χ1) is 11.8. The summed E-state index contributed by atoms with van der Waals surface area (Å²) in [6.45, 7) is 1.41. The molecule has 4 N–H and O–H groups in total. The number of ether oxygens (including phenoxy) is 1. The fraction of sp³-hybridized carbons (Fsp3) is 0.125. The van der Waals surface area contributed by atoms with Gasteiger partial charge in [-0.15, -0.1) is 0 Å². The van der Waals surface area contributed by atoms with Gasteiger partial charge in [0, 0.05) is 6.07 Å². The molecule has 8 nitrogen and oxygen atoms in total. The standard InChI is InChI=1S/C16H15N3O5S/c1-9-6-12-13(24-8-15(20)18-12)7-14(9)25(22,23)19-11-5-3-2-4-10(11)16(17)21/h2-7,19H,8H2,1H3,(H2,17,21)(H,18,20). The number of hydrogen-bond donors (Lipinski definition) is 3. The molecule has 0 aromatic heterocycles. The Labute approximate surface area is 144 Å². The number of aryl methyl sites for hydroxylation is 1. The van der Waals surface area contributed by atoms with Crippen LogP contribution in [0.25, 0.3) is 0 Å². The Kier molecular flexibility index (Phi) is 4.09.